The van der Waals surface area contributed by atoms with Crippen LogP contribution in [0.2, 0.25) is 0 Å². The summed E-state index contributed by atoms with van der Waals surface area (Å²) in [4.78, 5) is 9.83. The van der Waals surface area contributed by atoms with E-state index in [-0.39, 0.29) is 17.6 Å². The lowest BCUT2D eigenvalue weighted by atomic mass is 9.90. The molecule has 2 fully saturated rings. The molecule has 2 aliphatic rings. The molecule has 5 heteroatoms. The summed E-state index contributed by atoms with van der Waals surface area (Å²) < 4.78 is 22.6. The second-order valence-corrected chi connectivity index (χ2v) is 8.43. The van der Waals surface area contributed by atoms with E-state index in [1.807, 2.05) is 0 Å². The van der Waals surface area contributed by atoms with Crippen molar-refractivity contribution in [3.63, 3.8) is 0 Å². The van der Waals surface area contributed by atoms with Crippen LogP contribution < -0.4 is 0 Å². The molecule has 0 aliphatic heterocycles. The number of fused-ring (bicyclic) bond motifs is 1. The zero-order chi connectivity index (χ0) is 14.4. The zero-order valence-electron chi connectivity index (χ0n) is 12.6. The summed E-state index contributed by atoms with van der Waals surface area (Å²) in [5.74, 6) is 1.84. The van der Waals surface area contributed by atoms with Crippen molar-refractivity contribution in [3.05, 3.63) is 0 Å². The molecule has 19 heavy (non-hydrogen) atoms. The Balaban J connectivity index is 2.05. The molecule has 2 saturated carbocycles. The van der Waals surface area contributed by atoms with E-state index in [0.717, 1.165) is 19.3 Å². The number of phosphoric ester groups is 1. The Morgan fingerprint density at radius 2 is 2.00 bits per heavy atom. The predicted molar refractivity (Wildman–Crippen MR) is 74.7 cm³/mol. The van der Waals surface area contributed by atoms with Gasteiger partial charge in [0.1, 0.15) is 0 Å². The molecule has 0 heterocycles. The summed E-state index contributed by atoms with van der Waals surface area (Å²) in [7, 11) is -3.92. The summed E-state index contributed by atoms with van der Waals surface area (Å²) in [5, 5.41) is 0. The molecule has 0 saturated heterocycles. The normalized spacial score (nSPS) is 40.5. The third kappa shape index (κ3) is 3.24. The van der Waals surface area contributed by atoms with Gasteiger partial charge in [0.2, 0.25) is 0 Å². The fraction of sp³-hybridized carbons (Fsp3) is 1.00. The predicted octanol–water partition coefficient (Wildman–Crippen LogP) is 3.99. The number of hydrogen-bond acceptors (Lipinski definition) is 3. The minimum Gasteiger partial charge on any atom is -0.302 e. The van der Waals surface area contributed by atoms with E-state index in [4.69, 9.17) is 9.05 Å². The van der Waals surface area contributed by atoms with Gasteiger partial charge in [0.25, 0.3) is 0 Å². The summed E-state index contributed by atoms with van der Waals surface area (Å²) in [6, 6.07) is 0. The van der Waals surface area contributed by atoms with Crippen LogP contribution in [0.5, 0.6) is 0 Å². The Hall–Kier alpha value is 0.110. The molecule has 4 nitrogen and oxygen atoms in total. The molecule has 0 spiro atoms. The third-order valence-electron chi connectivity index (χ3n) is 4.49. The molecule has 2 rings (SSSR count). The van der Waals surface area contributed by atoms with Crippen molar-refractivity contribution in [3.8, 4) is 0 Å². The lowest BCUT2D eigenvalue weighted by molar-refractivity contribution is 0.0466. The standard InChI is InChI=1S/C14H27O4P/c1-9(2)7-14-8-12(14)11(5)6-13(14)18-19(15,16)17-10(3)4/h9-13H,6-8H2,1-5H3,(H,15,16)/t11-,12+,13-,14+/m0/s1. The largest absolute Gasteiger partial charge is 0.472 e. The molecule has 5 atom stereocenters. The average molecular weight is 290 g/mol. The Bertz CT molecular complexity index is 382. The van der Waals surface area contributed by atoms with Gasteiger partial charge in [0.15, 0.2) is 0 Å². The van der Waals surface area contributed by atoms with Crippen LogP contribution >= 0.6 is 7.82 Å². The first-order chi connectivity index (χ1) is 8.66. The molecule has 0 radical (unpaired) electrons. The average Bonchev–Trinajstić information content (AvgIpc) is 2.82. The molecule has 1 unspecified atom stereocenters. The first kappa shape index (κ1) is 15.5. The van der Waals surface area contributed by atoms with E-state index >= 15 is 0 Å². The van der Waals surface area contributed by atoms with Gasteiger partial charge < -0.3 is 4.89 Å². The maximum Gasteiger partial charge on any atom is 0.472 e. The van der Waals surface area contributed by atoms with Crippen molar-refractivity contribution < 1.29 is 18.5 Å². The molecule has 2 aliphatic carbocycles. The quantitative estimate of drug-likeness (QED) is 0.751. The van der Waals surface area contributed by atoms with E-state index in [1.54, 1.807) is 13.8 Å². The van der Waals surface area contributed by atoms with Crippen LogP contribution in [-0.2, 0) is 13.6 Å². The van der Waals surface area contributed by atoms with Crippen molar-refractivity contribution in [2.75, 3.05) is 0 Å². The Kier molecular flexibility index (Phi) is 4.19. The fourth-order valence-corrected chi connectivity index (χ4v) is 5.15. The SMILES string of the molecule is CC(C)C[C@@]12C[C@@H]1[C@@H](C)C[C@@H]2OP(=O)(O)OC(C)C. The second-order valence-electron chi connectivity index (χ2n) is 7.07. The van der Waals surface area contributed by atoms with Crippen molar-refractivity contribution in [1.82, 2.24) is 0 Å². The highest BCUT2D eigenvalue weighted by Gasteiger charge is 2.67. The van der Waals surface area contributed by atoms with E-state index in [0.29, 0.717) is 17.8 Å². The van der Waals surface area contributed by atoms with Crippen molar-refractivity contribution in [2.45, 2.75) is 66.1 Å². The molecule has 0 aromatic heterocycles. The van der Waals surface area contributed by atoms with Crippen LogP contribution in [0.3, 0.4) is 0 Å². The lowest BCUT2D eigenvalue weighted by Crippen LogP contribution is -2.24. The van der Waals surface area contributed by atoms with Gasteiger partial charge in [-0.3, -0.25) is 9.05 Å². The van der Waals surface area contributed by atoms with Crippen LogP contribution in [-0.4, -0.2) is 17.1 Å². The monoisotopic (exact) mass is 290 g/mol. The van der Waals surface area contributed by atoms with E-state index in [9.17, 15) is 9.46 Å². The zero-order valence-corrected chi connectivity index (χ0v) is 13.5. The van der Waals surface area contributed by atoms with Crippen molar-refractivity contribution in [1.29, 1.82) is 0 Å². The highest BCUT2D eigenvalue weighted by molar-refractivity contribution is 7.47. The van der Waals surface area contributed by atoms with Crippen LogP contribution in [0, 0.1) is 23.2 Å². The molecular formula is C14H27O4P. The first-order valence-electron chi connectivity index (χ1n) is 7.36. The van der Waals surface area contributed by atoms with Gasteiger partial charge in [-0.25, -0.2) is 4.57 Å². The fourth-order valence-electron chi connectivity index (χ4n) is 3.95. The molecule has 1 N–H and O–H groups in total. The third-order valence-corrected chi connectivity index (χ3v) is 5.69. The van der Waals surface area contributed by atoms with Crippen LogP contribution in [0.25, 0.3) is 0 Å². The van der Waals surface area contributed by atoms with E-state index < -0.39 is 7.82 Å². The maximum atomic E-state index is 12.0. The summed E-state index contributed by atoms with van der Waals surface area (Å²) in [6.07, 6.45) is 2.67. The van der Waals surface area contributed by atoms with Gasteiger partial charge in [-0.05, 0) is 50.9 Å². The summed E-state index contributed by atoms with van der Waals surface area (Å²) >= 11 is 0. The van der Waals surface area contributed by atoms with E-state index in [1.165, 1.54) is 0 Å². The van der Waals surface area contributed by atoms with Crippen LogP contribution in [0.15, 0.2) is 0 Å². The maximum absolute atomic E-state index is 12.0. The molecule has 0 aromatic carbocycles. The highest BCUT2D eigenvalue weighted by Crippen LogP contribution is 2.71. The number of hydrogen-bond donors (Lipinski definition) is 1. The summed E-state index contributed by atoms with van der Waals surface area (Å²) in [5.41, 5.74) is 0.131. The van der Waals surface area contributed by atoms with Gasteiger partial charge in [0, 0.05) is 5.41 Å². The molecule has 112 valence electrons. The van der Waals surface area contributed by atoms with E-state index in [2.05, 4.69) is 20.8 Å². The summed E-state index contributed by atoms with van der Waals surface area (Å²) in [6.45, 7) is 10.1. The molecule has 0 amide bonds. The van der Waals surface area contributed by atoms with Gasteiger partial charge in [0.05, 0.1) is 12.2 Å². The first-order valence-corrected chi connectivity index (χ1v) is 8.85. The Morgan fingerprint density at radius 3 is 2.47 bits per heavy atom. The second kappa shape index (κ2) is 5.14. The van der Waals surface area contributed by atoms with Crippen LogP contribution in [0.1, 0.15) is 53.9 Å². The van der Waals surface area contributed by atoms with Gasteiger partial charge >= 0.3 is 7.82 Å². The minimum absolute atomic E-state index is 0.121. The van der Waals surface area contributed by atoms with Gasteiger partial charge in [-0.2, -0.15) is 0 Å². The van der Waals surface area contributed by atoms with Crippen molar-refractivity contribution >= 4 is 7.82 Å². The topological polar surface area (TPSA) is 55.8 Å². The smallest absolute Gasteiger partial charge is 0.302 e. The lowest BCUT2D eigenvalue weighted by Gasteiger charge is -2.27. The molecule has 0 bridgehead atoms. The molecule has 0 aromatic rings. The van der Waals surface area contributed by atoms with Gasteiger partial charge in [-0.15, -0.1) is 0 Å². The Labute approximate surface area is 116 Å². The molecular weight excluding hydrogens is 263 g/mol. The minimum atomic E-state index is -3.92. The number of phosphoric acid groups is 1. The number of rotatable bonds is 6. The van der Waals surface area contributed by atoms with Crippen LogP contribution in [0.4, 0.5) is 0 Å². The highest BCUT2D eigenvalue weighted by atomic mass is 31.2. The van der Waals surface area contributed by atoms with Gasteiger partial charge in [-0.1, -0.05) is 20.8 Å². The Morgan fingerprint density at radius 1 is 1.37 bits per heavy atom. The van der Waals surface area contributed by atoms with Crippen molar-refractivity contribution in [2.24, 2.45) is 23.2 Å².